The van der Waals surface area contributed by atoms with Crippen LogP contribution < -0.4 is 11.5 Å². The van der Waals surface area contributed by atoms with E-state index in [4.69, 9.17) is 16.2 Å². The van der Waals surface area contributed by atoms with E-state index in [9.17, 15) is 9.50 Å². The minimum Gasteiger partial charge on any atom is -0.387 e. The van der Waals surface area contributed by atoms with Crippen molar-refractivity contribution >= 4 is 17.0 Å². The second-order valence-corrected chi connectivity index (χ2v) is 6.01. The number of nitrogens with two attached hydrogens (primary N) is 2. The normalized spacial score (nSPS) is 27.1. The van der Waals surface area contributed by atoms with E-state index < -0.39 is 24.6 Å². The third-order valence-corrected chi connectivity index (χ3v) is 4.17. The molecule has 1 aliphatic heterocycles. The first-order chi connectivity index (χ1) is 12.0. The molecule has 1 fully saturated rings. The fourth-order valence-corrected chi connectivity index (χ4v) is 2.87. The molecule has 1 saturated heterocycles. The Balaban J connectivity index is 1.75. The van der Waals surface area contributed by atoms with Crippen LogP contribution in [-0.2, 0) is 4.74 Å². The fraction of sp³-hybridized carbons (Fsp3) is 0.533. The van der Waals surface area contributed by atoms with Crippen LogP contribution in [0.3, 0.4) is 0 Å². The van der Waals surface area contributed by atoms with Gasteiger partial charge in [0.2, 0.25) is 0 Å². The summed E-state index contributed by atoms with van der Waals surface area (Å²) < 4.78 is 21.8. The first kappa shape index (κ1) is 17.7. The number of alkyl halides is 1. The van der Waals surface area contributed by atoms with Gasteiger partial charge in [0.25, 0.3) is 0 Å². The highest BCUT2D eigenvalue weighted by Gasteiger charge is 2.45. The van der Waals surface area contributed by atoms with Crippen LogP contribution in [0, 0.1) is 0 Å². The summed E-state index contributed by atoms with van der Waals surface area (Å²) in [6, 6.07) is 0. The molecule has 0 radical (unpaired) electrons. The van der Waals surface area contributed by atoms with Gasteiger partial charge in [-0.3, -0.25) is 4.57 Å². The van der Waals surface area contributed by atoms with Crippen molar-refractivity contribution in [3.8, 4) is 0 Å². The number of likely N-dealkylation sites (N-methyl/N-ethyl adjacent to an activating group) is 1. The molecule has 9 nitrogen and oxygen atoms in total. The molecule has 2 aromatic rings. The molecule has 2 aromatic heterocycles. The third kappa shape index (κ3) is 3.47. The Bertz CT molecular complexity index is 753. The van der Waals surface area contributed by atoms with Crippen LogP contribution >= 0.6 is 0 Å². The molecule has 0 aromatic carbocycles. The molecule has 0 aliphatic carbocycles. The van der Waals surface area contributed by atoms with Crippen molar-refractivity contribution in [1.29, 1.82) is 0 Å². The van der Waals surface area contributed by atoms with Crippen LogP contribution in [-0.4, -0.2) is 74.6 Å². The Morgan fingerprint density at radius 1 is 1.40 bits per heavy atom. The van der Waals surface area contributed by atoms with Crippen LogP contribution in [0.4, 0.5) is 10.2 Å². The quantitative estimate of drug-likeness (QED) is 0.592. The monoisotopic (exact) mass is 351 g/mol. The topological polar surface area (TPSA) is 128 Å². The predicted octanol–water partition coefficient (Wildman–Crippen LogP) is -0.548. The van der Waals surface area contributed by atoms with Gasteiger partial charge in [-0.1, -0.05) is 12.2 Å². The molecule has 5 N–H and O–H groups in total. The van der Waals surface area contributed by atoms with Crippen LogP contribution in [0.1, 0.15) is 6.23 Å². The van der Waals surface area contributed by atoms with E-state index in [-0.39, 0.29) is 5.82 Å². The van der Waals surface area contributed by atoms with E-state index in [0.29, 0.717) is 30.8 Å². The largest absolute Gasteiger partial charge is 0.387 e. The van der Waals surface area contributed by atoms with Crippen molar-refractivity contribution in [3.05, 3.63) is 24.8 Å². The summed E-state index contributed by atoms with van der Waals surface area (Å²) in [5.74, 6) is 0.209. The van der Waals surface area contributed by atoms with Crippen LogP contribution in [0.15, 0.2) is 24.8 Å². The number of anilines is 1. The van der Waals surface area contributed by atoms with E-state index in [1.165, 1.54) is 17.2 Å². The summed E-state index contributed by atoms with van der Waals surface area (Å²) in [7, 11) is 1.86. The molecule has 0 spiro atoms. The van der Waals surface area contributed by atoms with Gasteiger partial charge in [-0.05, 0) is 7.05 Å². The Morgan fingerprint density at radius 3 is 2.96 bits per heavy atom. The van der Waals surface area contributed by atoms with Crippen molar-refractivity contribution in [3.63, 3.8) is 0 Å². The highest BCUT2D eigenvalue weighted by molar-refractivity contribution is 5.81. The number of aliphatic hydroxyl groups is 1. The summed E-state index contributed by atoms with van der Waals surface area (Å²) >= 11 is 0. The van der Waals surface area contributed by atoms with Gasteiger partial charge in [-0.15, -0.1) is 0 Å². The summed E-state index contributed by atoms with van der Waals surface area (Å²) in [6.07, 6.45) is 1.88. The number of halogens is 1. The van der Waals surface area contributed by atoms with Gasteiger partial charge in [0.1, 0.15) is 24.1 Å². The molecule has 3 heterocycles. The SMILES string of the molecule is CN(C/C=C/CN)C[C@H]1O[C@@H](n2cnc3c(N)ncnc32)[C@@H](F)[C@@H]1O. The highest BCUT2D eigenvalue weighted by atomic mass is 19.1. The molecular weight excluding hydrogens is 329 g/mol. The standard InChI is InChI=1S/C15H22FN7O2/c1-22(5-3-2-4-17)6-9-12(24)10(16)15(25-9)23-8-21-11-13(18)19-7-20-14(11)23/h2-3,7-10,12,15,24H,4-6,17H2,1H3,(H2,18,19,20)/b3-2+/t9-,10+,12-,15-/m1/s1. The van der Waals surface area contributed by atoms with E-state index in [0.717, 1.165) is 0 Å². The molecule has 0 saturated carbocycles. The van der Waals surface area contributed by atoms with E-state index >= 15 is 0 Å². The van der Waals surface area contributed by atoms with Gasteiger partial charge >= 0.3 is 0 Å². The number of imidazole rings is 1. The highest BCUT2D eigenvalue weighted by Crippen LogP contribution is 2.34. The number of fused-ring (bicyclic) bond motifs is 1. The minimum atomic E-state index is -1.61. The predicted molar refractivity (Wildman–Crippen MR) is 90.2 cm³/mol. The molecule has 0 amide bonds. The van der Waals surface area contributed by atoms with Crippen molar-refractivity contribution in [2.75, 3.05) is 32.4 Å². The van der Waals surface area contributed by atoms with Crippen molar-refractivity contribution in [1.82, 2.24) is 24.4 Å². The molecule has 136 valence electrons. The zero-order valence-corrected chi connectivity index (χ0v) is 13.9. The summed E-state index contributed by atoms with van der Waals surface area (Å²) in [4.78, 5) is 14.0. The molecule has 3 rings (SSSR count). The zero-order valence-electron chi connectivity index (χ0n) is 13.9. The first-order valence-electron chi connectivity index (χ1n) is 7.97. The van der Waals surface area contributed by atoms with E-state index in [1.807, 2.05) is 24.1 Å². The minimum absolute atomic E-state index is 0.209. The van der Waals surface area contributed by atoms with Gasteiger partial charge in [0.05, 0.1) is 6.33 Å². The molecule has 0 bridgehead atoms. The average Bonchev–Trinajstić information content (AvgIpc) is 3.13. The lowest BCUT2D eigenvalue weighted by atomic mass is 10.1. The number of nitrogens with zero attached hydrogens (tertiary/aromatic N) is 5. The van der Waals surface area contributed by atoms with Crippen molar-refractivity contribution in [2.24, 2.45) is 5.73 Å². The lowest BCUT2D eigenvalue weighted by Crippen LogP contribution is -2.37. The number of nitrogen functional groups attached to an aromatic ring is 1. The Hall–Kier alpha value is -2.14. The van der Waals surface area contributed by atoms with Gasteiger partial charge < -0.3 is 26.2 Å². The number of ether oxygens (including phenoxy) is 1. The average molecular weight is 351 g/mol. The fourth-order valence-electron chi connectivity index (χ4n) is 2.87. The second-order valence-electron chi connectivity index (χ2n) is 6.01. The Labute approximate surface area is 144 Å². The van der Waals surface area contributed by atoms with E-state index in [1.54, 1.807) is 0 Å². The maximum absolute atomic E-state index is 14.6. The van der Waals surface area contributed by atoms with Crippen LogP contribution in [0.5, 0.6) is 0 Å². The van der Waals surface area contributed by atoms with Gasteiger partial charge in [-0.25, -0.2) is 19.3 Å². The zero-order chi connectivity index (χ0) is 18.0. The smallest absolute Gasteiger partial charge is 0.173 e. The van der Waals surface area contributed by atoms with Gasteiger partial charge in [-0.2, -0.15) is 0 Å². The van der Waals surface area contributed by atoms with Gasteiger partial charge in [0, 0.05) is 19.6 Å². The molecular formula is C15H22FN7O2. The maximum atomic E-state index is 14.6. The molecule has 10 heteroatoms. The molecule has 4 atom stereocenters. The number of hydrogen-bond donors (Lipinski definition) is 3. The first-order valence-corrected chi connectivity index (χ1v) is 7.97. The van der Waals surface area contributed by atoms with Crippen molar-refractivity contribution < 1.29 is 14.2 Å². The van der Waals surface area contributed by atoms with Crippen LogP contribution in [0.25, 0.3) is 11.2 Å². The summed E-state index contributed by atoms with van der Waals surface area (Å²) in [6.45, 7) is 1.46. The van der Waals surface area contributed by atoms with E-state index in [2.05, 4.69) is 15.0 Å². The molecule has 1 aliphatic rings. The lowest BCUT2D eigenvalue weighted by Gasteiger charge is -2.21. The Kier molecular flexibility index (Phi) is 5.23. The molecule has 25 heavy (non-hydrogen) atoms. The van der Waals surface area contributed by atoms with Crippen molar-refractivity contribution in [2.45, 2.75) is 24.6 Å². The third-order valence-electron chi connectivity index (χ3n) is 4.17. The number of aliphatic hydroxyl groups excluding tert-OH is 1. The number of rotatable bonds is 6. The lowest BCUT2D eigenvalue weighted by molar-refractivity contribution is -0.0330. The van der Waals surface area contributed by atoms with Crippen LogP contribution in [0.2, 0.25) is 0 Å². The number of hydrogen-bond acceptors (Lipinski definition) is 8. The van der Waals surface area contributed by atoms with Gasteiger partial charge in [0.15, 0.2) is 23.9 Å². The summed E-state index contributed by atoms with van der Waals surface area (Å²) in [5, 5.41) is 10.2. The Morgan fingerprint density at radius 2 is 2.20 bits per heavy atom. The maximum Gasteiger partial charge on any atom is 0.173 e. The summed E-state index contributed by atoms with van der Waals surface area (Å²) in [5.41, 5.74) is 11.9. The molecule has 0 unspecified atom stereocenters. The number of aromatic nitrogens is 4. The second kappa shape index (κ2) is 7.40.